The summed E-state index contributed by atoms with van der Waals surface area (Å²) in [5.41, 5.74) is 6.54. The highest BCUT2D eigenvalue weighted by molar-refractivity contribution is 5.77. The van der Waals surface area contributed by atoms with Crippen molar-refractivity contribution in [1.29, 1.82) is 5.41 Å². The lowest BCUT2D eigenvalue weighted by Gasteiger charge is -2.31. The van der Waals surface area contributed by atoms with Crippen LogP contribution in [0.3, 0.4) is 0 Å². The van der Waals surface area contributed by atoms with Crippen molar-refractivity contribution >= 4 is 5.96 Å². The number of nitrogens with zero attached hydrogens (tertiary/aromatic N) is 1. The van der Waals surface area contributed by atoms with Gasteiger partial charge in [0.1, 0.15) is 5.76 Å². The number of piperidine rings is 1. The standard InChI is InChI=1S/C16H29N5O2/c1-12(10-14(23-4)11-13(2)22-3)19-15(17)20-16(18)21-8-6-5-7-9-21/h10-11,15,19H,1,5-9,17H2,2-4H3,(H2,18,20)/b13-11+,14-10+. The lowest BCUT2D eigenvalue weighted by molar-refractivity contribution is 0.276. The first-order valence-electron chi connectivity index (χ1n) is 7.75. The van der Waals surface area contributed by atoms with E-state index in [-0.39, 0.29) is 0 Å². The first-order chi connectivity index (χ1) is 11.0. The van der Waals surface area contributed by atoms with Crippen molar-refractivity contribution in [1.82, 2.24) is 15.5 Å². The van der Waals surface area contributed by atoms with E-state index in [0.717, 1.165) is 31.7 Å². The van der Waals surface area contributed by atoms with Crippen molar-refractivity contribution in [2.24, 2.45) is 5.73 Å². The third kappa shape index (κ3) is 7.10. The van der Waals surface area contributed by atoms with Crippen LogP contribution in [0.25, 0.3) is 0 Å². The van der Waals surface area contributed by atoms with E-state index in [4.69, 9.17) is 20.6 Å². The van der Waals surface area contributed by atoms with Gasteiger partial charge in [0.05, 0.1) is 20.0 Å². The number of nitrogens with two attached hydrogens (primary N) is 1. The van der Waals surface area contributed by atoms with Gasteiger partial charge >= 0.3 is 0 Å². The van der Waals surface area contributed by atoms with Gasteiger partial charge in [-0.15, -0.1) is 0 Å². The summed E-state index contributed by atoms with van der Waals surface area (Å²) < 4.78 is 10.3. The third-order valence-corrected chi connectivity index (χ3v) is 3.53. The smallest absolute Gasteiger partial charge is 0.193 e. The molecule has 1 saturated heterocycles. The van der Waals surface area contributed by atoms with E-state index in [1.165, 1.54) is 6.42 Å². The molecule has 1 aliphatic rings. The van der Waals surface area contributed by atoms with Crippen LogP contribution in [0.15, 0.2) is 35.9 Å². The molecule has 1 rings (SSSR count). The Morgan fingerprint density at radius 3 is 2.39 bits per heavy atom. The fraction of sp³-hybridized carbons (Fsp3) is 0.562. The predicted molar refractivity (Wildman–Crippen MR) is 92.4 cm³/mol. The van der Waals surface area contributed by atoms with Crippen LogP contribution in [-0.4, -0.2) is 44.5 Å². The van der Waals surface area contributed by atoms with Crippen molar-refractivity contribution in [3.05, 3.63) is 35.9 Å². The topological polar surface area (TPSA) is 95.6 Å². The van der Waals surface area contributed by atoms with Gasteiger partial charge in [0.2, 0.25) is 0 Å². The Balaban J connectivity index is 2.50. The molecule has 23 heavy (non-hydrogen) atoms. The van der Waals surface area contributed by atoms with Crippen molar-refractivity contribution < 1.29 is 9.47 Å². The summed E-state index contributed by atoms with van der Waals surface area (Å²) in [5, 5.41) is 14.0. The largest absolute Gasteiger partial charge is 0.501 e. The quantitative estimate of drug-likeness (QED) is 0.186. The van der Waals surface area contributed by atoms with Crippen LogP contribution in [0, 0.1) is 5.41 Å². The number of hydrogen-bond donors (Lipinski definition) is 4. The molecule has 0 amide bonds. The molecule has 7 nitrogen and oxygen atoms in total. The minimum Gasteiger partial charge on any atom is -0.501 e. The Labute approximate surface area is 138 Å². The summed E-state index contributed by atoms with van der Waals surface area (Å²) in [6.07, 6.45) is 6.33. The van der Waals surface area contributed by atoms with E-state index in [2.05, 4.69) is 17.2 Å². The molecule has 0 bridgehead atoms. The van der Waals surface area contributed by atoms with Crippen molar-refractivity contribution in [2.45, 2.75) is 32.5 Å². The lowest BCUT2D eigenvalue weighted by Crippen LogP contribution is -2.56. The van der Waals surface area contributed by atoms with Crippen LogP contribution < -0.4 is 16.4 Å². The van der Waals surface area contributed by atoms with Gasteiger partial charge in [0, 0.05) is 30.9 Å². The van der Waals surface area contributed by atoms with E-state index in [0.29, 0.717) is 17.4 Å². The van der Waals surface area contributed by atoms with Crippen LogP contribution in [0.1, 0.15) is 26.2 Å². The summed E-state index contributed by atoms with van der Waals surface area (Å²) in [6.45, 7) is 7.52. The Bertz CT molecular complexity index is 467. The number of ether oxygens (including phenoxy) is 2. The van der Waals surface area contributed by atoms with Gasteiger partial charge in [-0.05, 0) is 26.2 Å². The molecular weight excluding hydrogens is 294 g/mol. The molecular formula is C16H29N5O2. The molecule has 0 aromatic heterocycles. The average Bonchev–Trinajstić information content (AvgIpc) is 2.54. The zero-order valence-electron chi connectivity index (χ0n) is 14.3. The first kappa shape index (κ1) is 18.9. The number of guanidine groups is 1. The Morgan fingerprint density at radius 2 is 1.83 bits per heavy atom. The SMILES string of the molecule is C=C(/C=C(\C=C(/C)OC)OC)NC(N)NC(=N)N1CCCCC1. The van der Waals surface area contributed by atoms with Crippen molar-refractivity contribution in [3.63, 3.8) is 0 Å². The molecule has 0 radical (unpaired) electrons. The summed E-state index contributed by atoms with van der Waals surface area (Å²) in [6, 6.07) is 0. The van der Waals surface area contributed by atoms with E-state index in [1.54, 1.807) is 26.4 Å². The highest BCUT2D eigenvalue weighted by Crippen LogP contribution is 2.08. The van der Waals surface area contributed by atoms with Crippen molar-refractivity contribution in [3.8, 4) is 0 Å². The number of hydrogen-bond acceptors (Lipinski definition) is 5. The maximum Gasteiger partial charge on any atom is 0.193 e. The maximum absolute atomic E-state index is 8.05. The zero-order valence-corrected chi connectivity index (χ0v) is 14.3. The second-order valence-electron chi connectivity index (χ2n) is 5.40. The molecule has 0 spiro atoms. The van der Waals surface area contributed by atoms with Crippen LogP contribution in [0.4, 0.5) is 0 Å². The molecule has 7 heteroatoms. The molecule has 0 aromatic rings. The Morgan fingerprint density at radius 1 is 1.17 bits per heavy atom. The monoisotopic (exact) mass is 323 g/mol. The van der Waals surface area contributed by atoms with Crippen LogP contribution >= 0.6 is 0 Å². The highest BCUT2D eigenvalue weighted by Gasteiger charge is 2.15. The lowest BCUT2D eigenvalue weighted by atomic mass is 10.1. The number of likely N-dealkylation sites (tertiary alicyclic amines) is 1. The zero-order chi connectivity index (χ0) is 17.2. The van der Waals surface area contributed by atoms with Crippen molar-refractivity contribution in [2.75, 3.05) is 27.3 Å². The number of allylic oxidation sites excluding steroid dienone is 3. The highest BCUT2D eigenvalue weighted by atomic mass is 16.5. The molecule has 1 fully saturated rings. The van der Waals surface area contributed by atoms with Gasteiger partial charge in [0.15, 0.2) is 12.2 Å². The van der Waals surface area contributed by atoms with Gasteiger partial charge < -0.3 is 25.0 Å². The van der Waals surface area contributed by atoms with Crippen LogP contribution in [-0.2, 0) is 9.47 Å². The fourth-order valence-corrected chi connectivity index (χ4v) is 2.22. The number of nitrogens with one attached hydrogen (secondary N) is 3. The minimum absolute atomic E-state index is 0.337. The Hall–Kier alpha value is -2.15. The van der Waals surface area contributed by atoms with Gasteiger partial charge in [-0.2, -0.15) is 0 Å². The summed E-state index contributed by atoms with van der Waals surface area (Å²) in [4.78, 5) is 1.99. The molecule has 0 saturated carbocycles. The van der Waals surface area contributed by atoms with Crippen LogP contribution in [0.5, 0.6) is 0 Å². The summed E-state index contributed by atoms with van der Waals surface area (Å²) in [5.74, 6) is 1.66. The summed E-state index contributed by atoms with van der Waals surface area (Å²) in [7, 11) is 3.17. The van der Waals surface area contributed by atoms with E-state index in [1.807, 2.05) is 11.8 Å². The van der Waals surface area contributed by atoms with Gasteiger partial charge in [-0.1, -0.05) is 6.58 Å². The Kier molecular flexibility index (Phi) is 8.04. The van der Waals surface area contributed by atoms with E-state index >= 15 is 0 Å². The van der Waals surface area contributed by atoms with E-state index in [9.17, 15) is 0 Å². The molecule has 1 aliphatic heterocycles. The predicted octanol–water partition coefficient (Wildman–Crippen LogP) is 1.42. The molecule has 5 N–H and O–H groups in total. The van der Waals surface area contributed by atoms with Gasteiger partial charge in [-0.25, -0.2) is 0 Å². The number of methoxy groups -OCH3 is 2. The number of rotatable bonds is 7. The maximum atomic E-state index is 8.05. The second-order valence-corrected chi connectivity index (χ2v) is 5.40. The van der Waals surface area contributed by atoms with Crippen LogP contribution in [0.2, 0.25) is 0 Å². The molecule has 130 valence electrons. The molecule has 0 aromatic carbocycles. The molecule has 1 atom stereocenters. The average molecular weight is 323 g/mol. The molecule has 0 aliphatic carbocycles. The van der Waals surface area contributed by atoms with E-state index < -0.39 is 6.29 Å². The minimum atomic E-state index is -0.598. The molecule has 1 unspecified atom stereocenters. The fourth-order valence-electron chi connectivity index (χ4n) is 2.22. The normalized spacial score (nSPS) is 17.3. The molecule has 1 heterocycles. The first-order valence-corrected chi connectivity index (χ1v) is 7.75. The van der Waals surface area contributed by atoms with Gasteiger partial charge in [-0.3, -0.25) is 11.1 Å². The second kappa shape index (κ2) is 9.78. The summed E-state index contributed by atoms with van der Waals surface area (Å²) >= 11 is 0. The van der Waals surface area contributed by atoms with Gasteiger partial charge in [0.25, 0.3) is 0 Å². The third-order valence-electron chi connectivity index (χ3n) is 3.53.